The fraction of sp³-hybridized carbons (Fsp3) is 0.286. The zero-order chi connectivity index (χ0) is 15.4. The average molecular weight is 401 g/mol. The van der Waals surface area contributed by atoms with Crippen molar-refractivity contribution >= 4 is 28.5 Å². The van der Waals surface area contributed by atoms with Crippen molar-refractivity contribution in [2.24, 2.45) is 5.73 Å². The minimum absolute atomic E-state index is 0.143. The standard InChI is InChI=1S/C14H16IN3O3/c1-8(19)12(16)14-18-11(7-21-14)13(20)17-6-9-3-2-4-10(15)5-9/h2-5,7-8,12,19H,6,16H2,1H3,(H,17,20). The highest BCUT2D eigenvalue weighted by atomic mass is 127. The van der Waals surface area contributed by atoms with Crippen LogP contribution in [0.2, 0.25) is 0 Å². The Hall–Kier alpha value is -1.45. The summed E-state index contributed by atoms with van der Waals surface area (Å²) in [7, 11) is 0. The predicted octanol–water partition coefficient (Wildman–Crippen LogP) is 1.59. The molecule has 0 saturated carbocycles. The Bertz CT molecular complexity index is 627. The van der Waals surface area contributed by atoms with Crippen LogP contribution in [0.5, 0.6) is 0 Å². The van der Waals surface area contributed by atoms with Gasteiger partial charge >= 0.3 is 0 Å². The second-order valence-electron chi connectivity index (χ2n) is 4.65. The van der Waals surface area contributed by atoms with Crippen LogP contribution in [0.1, 0.15) is 34.9 Å². The number of aromatic nitrogens is 1. The van der Waals surface area contributed by atoms with E-state index in [4.69, 9.17) is 10.2 Å². The lowest BCUT2D eigenvalue weighted by Gasteiger charge is -2.09. The number of nitrogens with two attached hydrogens (primary N) is 1. The Labute approximate surface area is 135 Å². The number of halogens is 1. The molecule has 21 heavy (non-hydrogen) atoms. The molecule has 0 saturated heterocycles. The zero-order valence-corrected chi connectivity index (χ0v) is 13.6. The van der Waals surface area contributed by atoms with E-state index >= 15 is 0 Å². The zero-order valence-electron chi connectivity index (χ0n) is 11.4. The molecule has 1 aromatic carbocycles. The van der Waals surface area contributed by atoms with Crippen LogP contribution >= 0.6 is 22.6 Å². The van der Waals surface area contributed by atoms with Crippen molar-refractivity contribution in [3.63, 3.8) is 0 Å². The van der Waals surface area contributed by atoms with E-state index in [-0.39, 0.29) is 17.5 Å². The van der Waals surface area contributed by atoms with Gasteiger partial charge in [-0.15, -0.1) is 0 Å². The average Bonchev–Trinajstić information content (AvgIpc) is 2.93. The number of aliphatic hydroxyl groups is 1. The number of carbonyl (C=O) groups excluding carboxylic acids is 1. The van der Waals surface area contributed by atoms with E-state index in [0.717, 1.165) is 9.13 Å². The van der Waals surface area contributed by atoms with E-state index in [2.05, 4.69) is 32.9 Å². The van der Waals surface area contributed by atoms with E-state index in [0.29, 0.717) is 6.54 Å². The Balaban J connectivity index is 1.98. The molecule has 2 unspecified atom stereocenters. The van der Waals surface area contributed by atoms with Gasteiger partial charge in [-0.1, -0.05) is 12.1 Å². The summed E-state index contributed by atoms with van der Waals surface area (Å²) in [6.45, 7) is 1.94. The third-order valence-electron chi connectivity index (χ3n) is 2.90. The monoisotopic (exact) mass is 401 g/mol. The number of benzene rings is 1. The molecule has 6 nitrogen and oxygen atoms in total. The van der Waals surface area contributed by atoms with Gasteiger partial charge in [0.25, 0.3) is 5.91 Å². The van der Waals surface area contributed by atoms with Crippen LogP contribution in [0.3, 0.4) is 0 Å². The summed E-state index contributed by atoms with van der Waals surface area (Å²) in [6, 6.07) is 7.08. The number of rotatable bonds is 5. The van der Waals surface area contributed by atoms with Crippen molar-refractivity contribution in [3.8, 4) is 0 Å². The predicted molar refractivity (Wildman–Crippen MR) is 85.4 cm³/mol. The molecule has 2 aromatic rings. The van der Waals surface area contributed by atoms with Gasteiger partial charge in [0.1, 0.15) is 12.3 Å². The second kappa shape index (κ2) is 7.01. The van der Waals surface area contributed by atoms with E-state index in [1.165, 1.54) is 13.2 Å². The van der Waals surface area contributed by atoms with Crippen LogP contribution in [0.25, 0.3) is 0 Å². The number of hydrogen-bond acceptors (Lipinski definition) is 5. The van der Waals surface area contributed by atoms with Crippen LogP contribution in [0, 0.1) is 3.57 Å². The SMILES string of the molecule is CC(O)C(N)c1nc(C(=O)NCc2cccc(I)c2)co1. The topological polar surface area (TPSA) is 101 Å². The number of amides is 1. The van der Waals surface area contributed by atoms with Crippen LogP contribution in [0.4, 0.5) is 0 Å². The first kappa shape index (κ1) is 15.9. The first-order chi connectivity index (χ1) is 9.97. The lowest BCUT2D eigenvalue weighted by Crippen LogP contribution is -2.25. The normalized spacial score (nSPS) is 13.7. The van der Waals surface area contributed by atoms with Crippen LogP contribution in [0.15, 0.2) is 34.9 Å². The molecule has 0 spiro atoms. The quantitative estimate of drug-likeness (QED) is 0.661. The Morgan fingerprint density at radius 3 is 3.00 bits per heavy atom. The molecule has 0 aliphatic heterocycles. The number of carbonyl (C=O) groups is 1. The lowest BCUT2D eigenvalue weighted by molar-refractivity contribution is 0.0945. The number of aliphatic hydroxyl groups excluding tert-OH is 1. The van der Waals surface area contributed by atoms with Crippen LogP contribution < -0.4 is 11.1 Å². The second-order valence-corrected chi connectivity index (χ2v) is 5.90. The summed E-state index contributed by atoms with van der Waals surface area (Å²) in [6.07, 6.45) is 0.438. The molecule has 0 radical (unpaired) electrons. The molecule has 1 aromatic heterocycles. The molecule has 4 N–H and O–H groups in total. The van der Waals surface area contributed by atoms with Crippen molar-refractivity contribution < 1.29 is 14.3 Å². The molecule has 2 rings (SSSR count). The van der Waals surface area contributed by atoms with E-state index in [1.54, 1.807) is 0 Å². The van der Waals surface area contributed by atoms with Gasteiger partial charge in [-0.2, -0.15) is 0 Å². The van der Waals surface area contributed by atoms with Gasteiger partial charge in [-0.05, 0) is 47.2 Å². The summed E-state index contributed by atoms with van der Waals surface area (Å²) in [5, 5.41) is 12.1. The minimum atomic E-state index is -0.800. The largest absolute Gasteiger partial charge is 0.446 e. The minimum Gasteiger partial charge on any atom is -0.446 e. The van der Waals surface area contributed by atoms with Crippen molar-refractivity contribution in [1.82, 2.24) is 10.3 Å². The molecule has 7 heteroatoms. The number of nitrogens with one attached hydrogen (secondary N) is 1. The number of nitrogens with zero attached hydrogens (tertiary/aromatic N) is 1. The maximum Gasteiger partial charge on any atom is 0.273 e. The fourth-order valence-electron chi connectivity index (χ4n) is 1.67. The number of hydrogen-bond donors (Lipinski definition) is 3. The molecular weight excluding hydrogens is 385 g/mol. The lowest BCUT2D eigenvalue weighted by atomic mass is 10.2. The molecule has 1 heterocycles. The smallest absolute Gasteiger partial charge is 0.273 e. The molecule has 112 valence electrons. The molecule has 1 amide bonds. The first-order valence-electron chi connectivity index (χ1n) is 6.39. The molecule has 0 aliphatic carbocycles. The van der Waals surface area contributed by atoms with Gasteiger partial charge in [0.2, 0.25) is 5.89 Å². The highest BCUT2D eigenvalue weighted by Crippen LogP contribution is 2.14. The number of oxazole rings is 1. The third kappa shape index (κ3) is 4.26. The summed E-state index contributed by atoms with van der Waals surface area (Å²) in [5.74, 6) is -0.203. The summed E-state index contributed by atoms with van der Waals surface area (Å²) >= 11 is 2.21. The molecule has 2 atom stereocenters. The van der Waals surface area contributed by atoms with Gasteiger partial charge in [0.15, 0.2) is 5.69 Å². The maximum atomic E-state index is 12.0. The highest BCUT2D eigenvalue weighted by molar-refractivity contribution is 14.1. The van der Waals surface area contributed by atoms with Crippen molar-refractivity contribution in [2.45, 2.75) is 25.6 Å². The third-order valence-corrected chi connectivity index (χ3v) is 3.57. The van der Waals surface area contributed by atoms with Crippen molar-refractivity contribution in [2.75, 3.05) is 0 Å². The maximum absolute atomic E-state index is 12.0. The first-order valence-corrected chi connectivity index (χ1v) is 7.47. The Morgan fingerprint density at radius 1 is 1.57 bits per heavy atom. The Morgan fingerprint density at radius 2 is 2.33 bits per heavy atom. The molecule has 0 aliphatic rings. The van der Waals surface area contributed by atoms with Crippen molar-refractivity contribution in [3.05, 3.63) is 51.2 Å². The van der Waals surface area contributed by atoms with Crippen LogP contribution in [-0.2, 0) is 6.54 Å². The van der Waals surface area contributed by atoms with E-state index in [1.807, 2.05) is 24.3 Å². The van der Waals surface area contributed by atoms with Gasteiger partial charge in [-0.25, -0.2) is 4.98 Å². The summed E-state index contributed by atoms with van der Waals surface area (Å²) in [4.78, 5) is 16.0. The van der Waals surface area contributed by atoms with Crippen molar-refractivity contribution in [1.29, 1.82) is 0 Å². The molecule has 0 bridgehead atoms. The van der Waals surface area contributed by atoms with Gasteiger partial charge in [0.05, 0.1) is 6.10 Å². The highest BCUT2D eigenvalue weighted by Gasteiger charge is 2.20. The fourth-order valence-corrected chi connectivity index (χ4v) is 2.28. The van der Waals surface area contributed by atoms with E-state index < -0.39 is 12.1 Å². The Kier molecular flexibility index (Phi) is 5.32. The van der Waals surface area contributed by atoms with Gasteiger partial charge in [0, 0.05) is 10.1 Å². The molecule has 0 fully saturated rings. The van der Waals surface area contributed by atoms with Gasteiger partial charge < -0.3 is 20.6 Å². The van der Waals surface area contributed by atoms with E-state index in [9.17, 15) is 9.90 Å². The summed E-state index contributed by atoms with van der Waals surface area (Å²) < 4.78 is 6.22. The summed E-state index contributed by atoms with van der Waals surface area (Å²) in [5.41, 5.74) is 6.84. The van der Waals surface area contributed by atoms with Gasteiger partial charge in [-0.3, -0.25) is 4.79 Å². The molecular formula is C14H16IN3O3. The van der Waals surface area contributed by atoms with Crippen LogP contribution in [-0.4, -0.2) is 22.1 Å².